The molecule has 29 heavy (non-hydrogen) atoms. The average molecular weight is 438 g/mol. The van der Waals surface area contributed by atoms with Gasteiger partial charge in [0.1, 0.15) is 0 Å². The van der Waals surface area contributed by atoms with Crippen molar-refractivity contribution < 1.29 is 5.11 Å². The van der Waals surface area contributed by atoms with Gasteiger partial charge in [0, 0.05) is 39.6 Å². The number of likely N-dealkylation sites (N-methyl/N-ethyl adjacent to an activating group) is 2. The standard InChI is InChI=1S/C10H17N3O.C10H15N3.H4P2/c1-13-7-3-6-11-10(13)12-8-4-2-5-9(8)14;1-12-6-3-7-13-9-5-2-4-8(9)11-10(12)13;1-2/h3,6,8-9,14H,2,4-5,7H2,1H3,(H,11,12);3,7-9H,2,4-6H2,1H3;1-2H2/t8-,9-;8-,9+;/m11./s1. The molecule has 0 saturated heterocycles. The minimum Gasteiger partial charge on any atom is -0.391 e. The van der Waals surface area contributed by atoms with Crippen LogP contribution in [0, 0.1) is 0 Å². The molecule has 0 aromatic rings. The highest BCUT2D eigenvalue weighted by molar-refractivity contribution is 7.92. The second-order valence-electron chi connectivity index (χ2n) is 8.11. The van der Waals surface area contributed by atoms with Crippen LogP contribution in [0.15, 0.2) is 34.5 Å². The number of rotatable bonds is 1. The molecule has 3 heterocycles. The molecule has 2 aliphatic carbocycles. The zero-order valence-corrected chi connectivity index (χ0v) is 19.9. The lowest BCUT2D eigenvalue weighted by atomic mass is 10.2. The van der Waals surface area contributed by atoms with E-state index < -0.39 is 0 Å². The van der Waals surface area contributed by atoms with Crippen molar-refractivity contribution in [1.29, 1.82) is 0 Å². The van der Waals surface area contributed by atoms with E-state index in [1.54, 1.807) is 0 Å². The zero-order chi connectivity index (χ0) is 20.8. The number of nitrogens with one attached hydrogen (secondary N) is 1. The van der Waals surface area contributed by atoms with E-state index in [1.165, 1.54) is 25.2 Å². The maximum Gasteiger partial charge on any atom is 0.201 e. The number of guanidine groups is 2. The fourth-order valence-electron chi connectivity index (χ4n) is 4.54. The number of nitrogens with zero attached hydrogens (tertiary/aromatic N) is 5. The first-order valence-corrected chi connectivity index (χ1v) is 13.3. The van der Waals surface area contributed by atoms with Gasteiger partial charge in [0.15, 0.2) is 5.96 Å². The normalized spacial score (nSPS) is 33.3. The fourth-order valence-corrected chi connectivity index (χ4v) is 4.54. The number of aliphatic hydroxyl groups is 1. The molecule has 2 N–H and O–H groups in total. The molecule has 2 saturated carbocycles. The minimum absolute atomic E-state index is 0.0893. The Bertz CT molecular complexity index is 667. The topological polar surface area (TPSA) is 66.7 Å². The Kier molecular flexibility index (Phi) is 8.35. The second-order valence-corrected chi connectivity index (χ2v) is 8.11. The molecule has 162 valence electrons. The summed E-state index contributed by atoms with van der Waals surface area (Å²) in [5.74, 6) is 2.07. The van der Waals surface area contributed by atoms with Gasteiger partial charge >= 0.3 is 0 Å². The smallest absolute Gasteiger partial charge is 0.201 e. The van der Waals surface area contributed by atoms with Crippen molar-refractivity contribution in [3.63, 3.8) is 0 Å². The van der Waals surface area contributed by atoms with E-state index in [9.17, 15) is 5.11 Å². The highest BCUT2D eigenvalue weighted by Gasteiger charge is 2.40. The minimum atomic E-state index is -0.247. The van der Waals surface area contributed by atoms with Crippen LogP contribution < -0.4 is 5.32 Å². The third kappa shape index (κ3) is 5.31. The quantitative estimate of drug-likeness (QED) is 0.613. The van der Waals surface area contributed by atoms with Crippen LogP contribution in [0.2, 0.25) is 0 Å². The monoisotopic (exact) mass is 438 g/mol. The summed E-state index contributed by atoms with van der Waals surface area (Å²) in [6.07, 6.45) is 15.1. The number of aliphatic hydroxyl groups excluding tert-OH is 1. The van der Waals surface area contributed by atoms with Gasteiger partial charge in [-0.25, -0.2) is 9.98 Å². The summed E-state index contributed by atoms with van der Waals surface area (Å²) >= 11 is 0. The molecular weight excluding hydrogens is 402 g/mol. The average Bonchev–Trinajstić information content (AvgIpc) is 3.44. The van der Waals surface area contributed by atoms with Gasteiger partial charge in [0.25, 0.3) is 0 Å². The van der Waals surface area contributed by atoms with E-state index in [2.05, 4.69) is 57.3 Å². The van der Waals surface area contributed by atoms with Crippen molar-refractivity contribution in [2.24, 2.45) is 9.98 Å². The largest absolute Gasteiger partial charge is 0.391 e. The first kappa shape index (κ1) is 22.5. The van der Waals surface area contributed by atoms with Crippen molar-refractivity contribution in [3.8, 4) is 0 Å². The van der Waals surface area contributed by atoms with Crippen molar-refractivity contribution in [1.82, 2.24) is 20.0 Å². The van der Waals surface area contributed by atoms with Crippen molar-refractivity contribution in [2.45, 2.75) is 62.8 Å². The Balaban J connectivity index is 0.000000153. The number of hydrogen-bond acceptors (Lipinski definition) is 5. The molecule has 5 aliphatic rings. The summed E-state index contributed by atoms with van der Waals surface area (Å²) in [6, 6.07) is 1.35. The molecule has 6 atom stereocenters. The zero-order valence-electron chi connectivity index (χ0n) is 17.6. The summed E-state index contributed by atoms with van der Waals surface area (Å²) in [4.78, 5) is 15.9. The Labute approximate surface area is 179 Å². The Morgan fingerprint density at radius 3 is 2.55 bits per heavy atom. The second kappa shape index (κ2) is 10.7. The molecule has 2 fully saturated rings. The molecule has 0 aromatic carbocycles. The van der Waals surface area contributed by atoms with E-state index in [0.29, 0.717) is 12.1 Å². The van der Waals surface area contributed by atoms with Gasteiger partial charge in [-0.2, -0.15) is 0 Å². The lowest BCUT2D eigenvalue weighted by Gasteiger charge is -2.31. The van der Waals surface area contributed by atoms with Crippen molar-refractivity contribution in [2.75, 3.05) is 27.2 Å². The highest BCUT2D eigenvalue weighted by atomic mass is 32.0. The lowest BCUT2D eigenvalue weighted by Crippen LogP contribution is -2.43. The van der Waals surface area contributed by atoms with Crippen LogP contribution in [0.4, 0.5) is 0 Å². The van der Waals surface area contributed by atoms with Crippen LogP contribution in [0.25, 0.3) is 0 Å². The Hall–Kier alpha value is -1.16. The van der Waals surface area contributed by atoms with Gasteiger partial charge in [0.05, 0.1) is 24.2 Å². The summed E-state index contributed by atoms with van der Waals surface area (Å²) < 4.78 is 0. The molecule has 3 aliphatic heterocycles. The molecule has 2 unspecified atom stereocenters. The maximum absolute atomic E-state index is 9.63. The third-order valence-electron chi connectivity index (χ3n) is 6.10. The first-order valence-electron chi connectivity index (χ1n) is 10.6. The summed E-state index contributed by atoms with van der Waals surface area (Å²) in [5, 5.41) is 12.7. The molecule has 0 radical (unpaired) electrons. The van der Waals surface area contributed by atoms with E-state index in [0.717, 1.165) is 38.3 Å². The van der Waals surface area contributed by atoms with Crippen molar-refractivity contribution >= 4 is 29.8 Å². The van der Waals surface area contributed by atoms with Gasteiger partial charge in [0.2, 0.25) is 5.96 Å². The molecule has 9 heteroatoms. The number of aliphatic imine (C=N–C) groups is 2. The van der Waals surface area contributed by atoms with Gasteiger partial charge in [-0.15, -0.1) is 17.9 Å². The van der Waals surface area contributed by atoms with Gasteiger partial charge in [-0.1, -0.05) is 0 Å². The van der Waals surface area contributed by atoms with Crippen LogP contribution in [-0.2, 0) is 0 Å². The molecule has 7 nitrogen and oxygen atoms in total. The highest BCUT2D eigenvalue weighted by Crippen LogP contribution is 2.33. The summed E-state index contributed by atoms with van der Waals surface area (Å²) in [7, 11) is 8.78. The van der Waals surface area contributed by atoms with Crippen LogP contribution >= 0.6 is 17.9 Å². The van der Waals surface area contributed by atoms with Gasteiger partial charge < -0.3 is 25.1 Å². The predicted molar refractivity (Wildman–Crippen MR) is 128 cm³/mol. The van der Waals surface area contributed by atoms with Gasteiger partial charge in [-0.3, -0.25) is 0 Å². The molecule has 0 aromatic heterocycles. The Morgan fingerprint density at radius 1 is 1.07 bits per heavy atom. The number of hydrogen-bond donors (Lipinski definition) is 2. The third-order valence-corrected chi connectivity index (χ3v) is 6.10. The van der Waals surface area contributed by atoms with Crippen LogP contribution in [0.3, 0.4) is 0 Å². The van der Waals surface area contributed by atoms with E-state index >= 15 is 0 Å². The molecule has 0 bridgehead atoms. The van der Waals surface area contributed by atoms with E-state index in [1.807, 2.05) is 24.2 Å². The predicted octanol–water partition coefficient (Wildman–Crippen LogP) is 1.99. The van der Waals surface area contributed by atoms with Crippen LogP contribution in [0.1, 0.15) is 38.5 Å². The van der Waals surface area contributed by atoms with Crippen LogP contribution in [0.5, 0.6) is 0 Å². The molecular formula is C20H36N6OP2. The lowest BCUT2D eigenvalue weighted by molar-refractivity contribution is 0.165. The molecule has 5 rings (SSSR count). The van der Waals surface area contributed by atoms with Crippen LogP contribution in [-0.4, -0.2) is 83.1 Å². The molecule has 0 spiro atoms. The molecule has 0 amide bonds. The summed E-state index contributed by atoms with van der Waals surface area (Å²) in [6.45, 7) is 1.89. The fraction of sp³-hybridized carbons (Fsp3) is 0.700. The first-order chi connectivity index (χ1) is 14.1. The van der Waals surface area contributed by atoms with Gasteiger partial charge in [-0.05, 0) is 50.7 Å². The number of fused-ring (bicyclic) bond motifs is 3. The SMILES string of the molecule is CN1CC=CN2C1=N[C@@H]1CCC[C@@H]12.CN1CC=CNC1=N[C@@H]1CCC[C@H]1O.PP. The van der Waals surface area contributed by atoms with E-state index in [-0.39, 0.29) is 12.1 Å². The van der Waals surface area contributed by atoms with Crippen molar-refractivity contribution in [3.05, 3.63) is 24.6 Å². The van der Waals surface area contributed by atoms with E-state index in [4.69, 9.17) is 4.99 Å². The maximum atomic E-state index is 9.63. The summed E-state index contributed by atoms with van der Waals surface area (Å²) in [5.41, 5.74) is 0. The Morgan fingerprint density at radius 2 is 1.83 bits per heavy atom.